The van der Waals surface area contributed by atoms with Gasteiger partial charge in [0.05, 0.1) is 10.2 Å². The van der Waals surface area contributed by atoms with Crippen LogP contribution >= 0.6 is 15.9 Å². The fourth-order valence-corrected chi connectivity index (χ4v) is 4.01. The molecular weight excluding hydrogens is 356 g/mol. The molecule has 1 aromatic heterocycles. The minimum atomic E-state index is -0.111. The van der Waals surface area contributed by atoms with Crippen LogP contribution in [0.1, 0.15) is 74.5 Å². The van der Waals surface area contributed by atoms with Crippen LogP contribution in [0.5, 0.6) is 0 Å². The van der Waals surface area contributed by atoms with Crippen molar-refractivity contribution in [3.8, 4) is 0 Å². The van der Waals surface area contributed by atoms with E-state index in [0.29, 0.717) is 18.2 Å². The van der Waals surface area contributed by atoms with Crippen LogP contribution in [0.3, 0.4) is 0 Å². The van der Waals surface area contributed by atoms with E-state index >= 15 is 0 Å². The van der Waals surface area contributed by atoms with Gasteiger partial charge in [0.15, 0.2) is 5.69 Å². The lowest BCUT2D eigenvalue weighted by Gasteiger charge is -2.31. The molecule has 1 amide bonds. The number of aromatic nitrogens is 2. The minimum absolute atomic E-state index is 0.111. The van der Waals surface area contributed by atoms with Gasteiger partial charge in [-0.25, -0.2) is 0 Å². The highest BCUT2D eigenvalue weighted by Gasteiger charge is 2.20. The number of halogens is 1. The standard InChI is InChI=1S/C17H29BrN4O/c1-12(2)15-14(18)16(21-20-15)17(23)19-10-7-11-22(3)13-8-5-4-6-9-13/h12-13H,4-11H2,1-3H3,(H,19,23)(H,20,21). The van der Waals surface area contributed by atoms with Crippen molar-refractivity contribution >= 4 is 21.8 Å². The Bertz CT molecular complexity index is 509. The van der Waals surface area contributed by atoms with E-state index in [2.05, 4.69) is 57.2 Å². The van der Waals surface area contributed by atoms with E-state index in [4.69, 9.17) is 0 Å². The van der Waals surface area contributed by atoms with Gasteiger partial charge in [0, 0.05) is 12.6 Å². The summed E-state index contributed by atoms with van der Waals surface area (Å²) in [7, 11) is 2.21. The molecule has 0 atom stereocenters. The third-order valence-electron chi connectivity index (χ3n) is 4.70. The van der Waals surface area contributed by atoms with Gasteiger partial charge in [-0.05, 0) is 54.7 Å². The number of rotatable bonds is 7. The summed E-state index contributed by atoms with van der Waals surface area (Å²) in [6.45, 7) is 5.86. The number of nitrogens with zero attached hydrogens (tertiary/aromatic N) is 2. The Labute approximate surface area is 147 Å². The zero-order valence-electron chi connectivity index (χ0n) is 14.5. The third kappa shape index (κ3) is 5.05. The van der Waals surface area contributed by atoms with Crippen LogP contribution in [0.2, 0.25) is 0 Å². The van der Waals surface area contributed by atoms with Crippen molar-refractivity contribution in [1.82, 2.24) is 20.4 Å². The molecule has 0 bridgehead atoms. The molecule has 5 nitrogen and oxygen atoms in total. The van der Waals surface area contributed by atoms with E-state index in [1.807, 2.05) is 0 Å². The monoisotopic (exact) mass is 384 g/mol. The molecule has 130 valence electrons. The van der Waals surface area contributed by atoms with Crippen LogP contribution in [-0.4, -0.2) is 47.2 Å². The van der Waals surface area contributed by atoms with Crippen LogP contribution < -0.4 is 5.32 Å². The largest absolute Gasteiger partial charge is 0.351 e. The second-order valence-electron chi connectivity index (χ2n) is 6.84. The number of H-pyrrole nitrogens is 1. The fourth-order valence-electron chi connectivity index (χ4n) is 3.19. The van der Waals surface area contributed by atoms with E-state index in [0.717, 1.165) is 29.2 Å². The van der Waals surface area contributed by atoms with Crippen LogP contribution in [0.4, 0.5) is 0 Å². The zero-order chi connectivity index (χ0) is 16.8. The molecule has 0 spiro atoms. The fraction of sp³-hybridized carbons (Fsp3) is 0.765. The lowest BCUT2D eigenvalue weighted by atomic mass is 9.94. The van der Waals surface area contributed by atoms with E-state index < -0.39 is 0 Å². The van der Waals surface area contributed by atoms with E-state index in [9.17, 15) is 4.79 Å². The van der Waals surface area contributed by atoms with Crippen molar-refractivity contribution in [2.75, 3.05) is 20.1 Å². The molecule has 6 heteroatoms. The van der Waals surface area contributed by atoms with Crippen LogP contribution in [0.25, 0.3) is 0 Å². The molecule has 0 unspecified atom stereocenters. The first kappa shape index (κ1) is 18.5. The molecule has 1 heterocycles. The Morgan fingerprint density at radius 2 is 2.09 bits per heavy atom. The Balaban J connectivity index is 1.72. The molecule has 23 heavy (non-hydrogen) atoms. The number of amides is 1. The Morgan fingerprint density at radius 3 is 2.70 bits per heavy atom. The molecule has 0 radical (unpaired) electrons. The summed E-state index contributed by atoms with van der Waals surface area (Å²) in [5, 5.41) is 10.0. The highest BCUT2D eigenvalue weighted by Crippen LogP contribution is 2.25. The smallest absolute Gasteiger partial charge is 0.272 e. The zero-order valence-corrected chi connectivity index (χ0v) is 16.1. The number of nitrogens with one attached hydrogen (secondary N) is 2. The number of aromatic amines is 1. The maximum Gasteiger partial charge on any atom is 0.272 e. The summed E-state index contributed by atoms with van der Waals surface area (Å²) in [6.07, 6.45) is 7.71. The average molecular weight is 385 g/mol. The van der Waals surface area contributed by atoms with Crippen molar-refractivity contribution in [3.63, 3.8) is 0 Å². The van der Waals surface area contributed by atoms with Crippen molar-refractivity contribution in [2.45, 2.75) is 64.3 Å². The van der Waals surface area contributed by atoms with Gasteiger partial charge in [-0.2, -0.15) is 5.10 Å². The number of hydrogen-bond donors (Lipinski definition) is 2. The van der Waals surface area contributed by atoms with E-state index in [1.165, 1.54) is 32.1 Å². The second kappa shape index (κ2) is 8.83. The summed E-state index contributed by atoms with van der Waals surface area (Å²) >= 11 is 3.47. The molecule has 0 saturated heterocycles. The van der Waals surface area contributed by atoms with Gasteiger partial charge in [-0.15, -0.1) is 0 Å². The first-order chi connectivity index (χ1) is 11.0. The third-order valence-corrected chi connectivity index (χ3v) is 5.50. The Morgan fingerprint density at radius 1 is 1.39 bits per heavy atom. The number of hydrogen-bond acceptors (Lipinski definition) is 3. The maximum absolute atomic E-state index is 12.2. The quantitative estimate of drug-likeness (QED) is 0.704. The highest BCUT2D eigenvalue weighted by atomic mass is 79.9. The molecule has 1 aromatic rings. The molecule has 1 aliphatic carbocycles. The lowest BCUT2D eigenvalue weighted by Crippen LogP contribution is -2.36. The molecule has 1 fully saturated rings. The summed E-state index contributed by atoms with van der Waals surface area (Å²) in [5.74, 6) is 0.197. The van der Waals surface area contributed by atoms with Crippen LogP contribution in [0, 0.1) is 0 Å². The SMILES string of the molecule is CC(C)c1[nH]nc(C(=O)NCCCN(C)C2CCCCC2)c1Br. The summed E-state index contributed by atoms with van der Waals surface area (Å²) in [4.78, 5) is 14.7. The molecule has 2 rings (SSSR count). The minimum Gasteiger partial charge on any atom is -0.351 e. The van der Waals surface area contributed by atoms with Gasteiger partial charge < -0.3 is 10.2 Å². The van der Waals surface area contributed by atoms with Crippen molar-refractivity contribution in [1.29, 1.82) is 0 Å². The molecule has 1 saturated carbocycles. The van der Waals surface area contributed by atoms with E-state index in [1.54, 1.807) is 0 Å². The first-order valence-electron chi connectivity index (χ1n) is 8.73. The molecule has 2 N–H and O–H groups in total. The Hall–Kier alpha value is -0.880. The first-order valence-corrected chi connectivity index (χ1v) is 9.52. The van der Waals surface area contributed by atoms with Crippen molar-refractivity contribution in [3.05, 3.63) is 15.9 Å². The van der Waals surface area contributed by atoms with Gasteiger partial charge in [-0.1, -0.05) is 33.1 Å². The van der Waals surface area contributed by atoms with Gasteiger partial charge in [0.1, 0.15) is 0 Å². The number of carbonyl (C=O) groups is 1. The van der Waals surface area contributed by atoms with Crippen molar-refractivity contribution in [2.24, 2.45) is 0 Å². The normalized spacial score (nSPS) is 16.3. The molecular formula is C17H29BrN4O. The van der Waals surface area contributed by atoms with Gasteiger partial charge in [-0.3, -0.25) is 9.89 Å². The Kier molecular flexibility index (Phi) is 7.09. The molecule has 0 aromatic carbocycles. The van der Waals surface area contributed by atoms with Crippen LogP contribution in [0.15, 0.2) is 4.47 Å². The maximum atomic E-state index is 12.2. The average Bonchev–Trinajstić information content (AvgIpc) is 2.94. The van der Waals surface area contributed by atoms with Crippen LogP contribution in [-0.2, 0) is 0 Å². The lowest BCUT2D eigenvalue weighted by molar-refractivity contribution is 0.0944. The predicted molar refractivity (Wildman–Crippen MR) is 96.8 cm³/mol. The molecule has 0 aliphatic heterocycles. The molecule has 1 aliphatic rings. The topological polar surface area (TPSA) is 61.0 Å². The number of carbonyl (C=O) groups excluding carboxylic acids is 1. The second-order valence-corrected chi connectivity index (χ2v) is 7.63. The van der Waals surface area contributed by atoms with Gasteiger partial charge >= 0.3 is 0 Å². The summed E-state index contributed by atoms with van der Waals surface area (Å²) < 4.78 is 0.782. The predicted octanol–water partition coefficient (Wildman–Crippen LogP) is 3.68. The summed E-state index contributed by atoms with van der Waals surface area (Å²) in [5.41, 5.74) is 1.42. The van der Waals surface area contributed by atoms with E-state index in [-0.39, 0.29) is 5.91 Å². The highest BCUT2D eigenvalue weighted by molar-refractivity contribution is 9.10. The van der Waals surface area contributed by atoms with Gasteiger partial charge in [0.2, 0.25) is 0 Å². The summed E-state index contributed by atoms with van der Waals surface area (Å²) in [6, 6.07) is 0.730. The van der Waals surface area contributed by atoms with Gasteiger partial charge in [0.25, 0.3) is 5.91 Å². The van der Waals surface area contributed by atoms with Crippen molar-refractivity contribution < 1.29 is 4.79 Å².